The van der Waals surface area contributed by atoms with Gasteiger partial charge in [-0.2, -0.15) is 0 Å². The van der Waals surface area contributed by atoms with Gasteiger partial charge in [0, 0.05) is 25.2 Å². The van der Waals surface area contributed by atoms with Crippen molar-refractivity contribution >= 4 is 23.2 Å². The van der Waals surface area contributed by atoms with Crippen LogP contribution in [0.5, 0.6) is 11.5 Å². The van der Waals surface area contributed by atoms with E-state index < -0.39 is 4.92 Å². The molecule has 0 aromatic heterocycles. The van der Waals surface area contributed by atoms with Gasteiger partial charge in [0.15, 0.2) is 11.5 Å². The molecule has 2 aromatic carbocycles. The van der Waals surface area contributed by atoms with Gasteiger partial charge >= 0.3 is 0 Å². The predicted octanol–water partition coefficient (Wildman–Crippen LogP) is 3.68. The Bertz CT molecular complexity index is 855. The molecule has 1 aliphatic heterocycles. The molecule has 1 heterocycles. The summed E-state index contributed by atoms with van der Waals surface area (Å²) in [5.74, 6) is 1.06. The number of hydrogen-bond donors (Lipinski definition) is 0. The molecule has 0 bridgehead atoms. The van der Waals surface area contributed by atoms with Crippen LogP contribution in [0.15, 0.2) is 36.4 Å². The summed E-state index contributed by atoms with van der Waals surface area (Å²) in [5, 5.41) is 10.9. The number of carbonyl (C=O) groups excluding carboxylic acids is 1. The molecule has 0 N–H and O–H groups in total. The fraction of sp³-hybridized carbons (Fsp3) is 0.278. The molecule has 8 heteroatoms. The first kappa shape index (κ1) is 18.0. The first-order valence-electron chi connectivity index (χ1n) is 8.11. The lowest BCUT2D eigenvalue weighted by atomic mass is 10.1. The number of nitrogens with zero attached hydrogens (tertiary/aromatic N) is 2. The van der Waals surface area contributed by atoms with E-state index in [-0.39, 0.29) is 22.2 Å². The van der Waals surface area contributed by atoms with E-state index in [0.29, 0.717) is 37.8 Å². The molecular weight excluding hydrogens is 360 g/mol. The van der Waals surface area contributed by atoms with Crippen molar-refractivity contribution in [3.8, 4) is 11.5 Å². The number of carbonyl (C=O) groups is 1. The van der Waals surface area contributed by atoms with Gasteiger partial charge in [-0.25, -0.2) is 0 Å². The molecule has 0 saturated carbocycles. The molecule has 0 spiro atoms. The third-order valence-corrected chi connectivity index (χ3v) is 4.36. The van der Waals surface area contributed by atoms with Crippen molar-refractivity contribution < 1.29 is 19.2 Å². The van der Waals surface area contributed by atoms with Gasteiger partial charge in [0.2, 0.25) is 0 Å². The summed E-state index contributed by atoms with van der Waals surface area (Å²) in [6.45, 7) is 3.69. The second kappa shape index (κ2) is 7.61. The normalized spacial score (nSPS) is 12.5. The predicted molar refractivity (Wildman–Crippen MR) is 96.0 cm³/mol. The zero-order valence-corrected chi connectivity index (χ0v) is 14.9. The molecule has 2 aromatic rings. The minimum atomic E-state index is -0.549. The smallest absolute Gasteiger partial charge is 0.270 e. The molecule has 0 saturated heterocycles. The molecule has 26 heavy (non-hydrogen) atoms. The van der Waals surface area contributed by atoms with E-state index in [2.05, 4.69) is 0 Å². The fourth-order valence-electron chi connectivity index (χ4n) is 2.70. The molecule has 136 valence electrons. The Morgan fingerprint density at radius 2 is 1.92 bits per heavy atom. The number of rotatable bonds is 5. The standard InChI is InChI=1S/C18H17ClN2O5/c1-2-20(11-12-3-6-16-17(9-12)26-8-7-25-16)18(22)14-5-4-13(21(23)24)10-15(14)19/h3-6,9-10H,2,7-8,11H2,1H3. The minimum Gasteiger partial charge on any atom is -0.486 e. The van der Waals surface area contributed by atoms with Gasteiger partial charge in [0.1, 0.15) is 13.2 Å². The highest BCUT2D eigenvalue weighted by Crippen LogP contribution is 2.31. The quantitative estimate of drug-likeness (QED) is 0.587. The monoisotopic (exact) mass is 376 g/mol. The maximum absolute atomic E-state index is 12.8. The third-order valence-electron chi connectivity index (χ3n) is 4.04. The minimum absolute atomic E-state index is 0.0600. The summed E-state index contributed by atoms with van der Waals surface area (Å²) in [6.07, 6.45) is 0. The lowest BCUT2D eigenvalue weighted by Gasteiger charge is -2.23. The van der Waals surface area contributed by atoms with E-state index in [1.54, 1.807) is 4.90 Å². The molecule has 0 fully saturated rings. The first-order valence-corrected chi connectivity index (χ1v) is 8.49. The van der Waals surface area contributed by atoms with E-state index in [1.807, 2.05) is 25.1 Å². The van der Waals surface area contributed by atoms with Gasteiger partial charge in [-0.15, -0.1) is 0 Å². The number of hydrogen-bond acceptors (Lipinski definition) is 5. The summed E-state index contributed by atoms with van der Waals surface area (Å²) in [4.78, 5) is 24.7. The van der Waals surface area contributed by atoms with Crippen molar-refractivity contribution in [2.45, 2.75) is 13.5 Å². The number of non-ortho nitro benzene ring substituents is 1. The lowest BCUT2D eigenvalue weighted by molar-refractivity contribution is -0.384. The zero-order valence-electron chi connectivity index (χ0n) is 14.1. The molecular formula is C18H17ClN2O5. The number of halogens is 1. The van der Waals surface area contributed by atoms with Crippen LogP contribution in [0.1, 0.15) is 22.8 Å². The Kier molecular flexibility index (Phi) is 5.27. The Morgan fingerprint density at radius 3 is 2.58 bits per heavy atom. The number of amides is 1. The Morgan fingerprint density at radius 1 is 1.19 bits per heavy atom. The van der Waals surface area contributed by atoms with Gasteiger partial charge in [0.05, 0.1) is 15.5 Å². The van der Waals surface area contributed by atoms with Crippen LogP contribution in [0.25, 0.3) is 0 Å². The lowest BCUT2D eigenvalue weighted by Crippen LogP contribution is -2.30. The summed E-state index contributed by atoms with van der Waals surface area (Å²) in [7, 11) is 0. The van der Waals surface area contributed by atoms with E-state index in [1.165, 1.54) is 18.2 Å². The van der Waals surface area contributed by atoms with E-state index >= 15 is 0 Å². The largest absolute Gasteiger partial charge is 0.486 e. The van der Waals surface area contributed by atoms with E-state index in [4.69, 9.17) is 21.1 Å². The van der Waals surface area contributed by atoms with Crippen molar-refractivity contribution in [2.75, 3.05) is 19.8 Å². The average Bonchev–Trinajstić information content (AvgIpc) is 2.65. The van der Waals surface area contributed by atoms with Crippen LogP contribution in [-0.4, -0.2) is 35.5 Å². The highest BCUT2D eigenvalue weighted by Gasteiger charge is 2.21. The molecule has 1 amide bonds. The summed E-state index contributed by atoms with van der Waals surface area (Å²) < 4.78 is 11.1. The molecule has 3 rings (SSSR count). The molecule has 1 aliphatic rings. The van der Waals surface area contributed by atoms with Gasteiger partial charge in [-0.05, 0) is 30.7 Å². The average molecular weight is 377 g/mol. The Hall–Kier alpha value is -2.80. The van der Waals surface area contributed by atoms with E-state index in [0.717, 1.165) is 5.56 Å². The number of nitro groups is 1. The summed E-state index contributed by atoms with van der Waals surface area (Å²) in [6, 6.07) is 9.39. The highest BCUT2D eigenvalue weighted by atomic mass is 35.5. The molecule has 0 aliphatic carbocycles. The highest BCUT2D eigenvalue weighted by molar-refractivity contribution is 6.34. The maximum Gasteiger partial charge on any atom is 0.270 e. The topological polar surface area (TPSA) is 81.9 Å². The van der Waals surface area contributed by atoms with Gasteiger partial charge in [0.25, 0.3) is 11.6 Å². The van der Waals surface area contributed by atoms with Crippen LogP contribution in [0.3, 0.4) is 0 Å². The molecule has 7 nitrogen and oxygen atoms in total. The van der Waals surface area contributed by atoms with Crippen molar-refractivity contribution in [3.63, 3.8) is 0 Å². The maximum atomic E-state index is 12.8. The number of nitro benzene ring substituents is 1. The van der Waals surface area contributed by atoms with Crippen LogP contribution < -0.4 is 9.47 Å². The van der Waals surface area contributed by atoms with E-state index in [9.17, 15) is 14.9 Å². The summed E-state index contributed by atoms with van der Waals surface area (Å²) >= 11 is 6.08. The second-order valence-electron chi connectivity index (χ2n) is 5.72. The van der Waals surface area contributed by atoms with Crippen LogP contribution in [-0.2, 0) is 6.54 Å². The van der Waals surface area contributed by atoms with Gasteiger partial charge < -0.3 is 14.4 Å². The van der Waals surface area contributed by atoms with Gasteiger partial charge in [-0.3, -0.25) is 14.9 Å². The fourth-order valence-corrected chi connectivity index (χ4v) is 2.95. The van der Waals surface area contributed by atoms with Crippen LogP contribution in [0.4, 0.5) is 5.69 Å². The third kappa shape index (κ3) is 3.72. The van der Waals surface area contributed by atoms with Crippen molar-refractivity contribution in [3.05, 3.63) is 62.7 Å². The number of fused-ring (bicyclic) bond motifs is 1. The van der Waals surface area contributed by atoms with Gasteiger partial charge in [-0.1, -0.05) is 17.7 Å². The zero-order chi connectivity index (χ0) is 18.7. The Labute approximate surface area is 155 Å². The van der Waals surface area contributed by atoms with Crippen LogP contribution in [0, 0.1) is 10.1 Å². The van der Waals surface area contributed by atoms with Crippen molar-refractivity contribution in [1.29, 1.82) is 0 Å². The molecule has 0 radical (unpaired) electrons. The van der Waals surface area contributed by atoms with Crippen molar-refractivity contribution in [2.24, 2.45) is 0 Å². The SMILES string of the molecule is CCN(Cc1ccc2c(c1)OCCO2)C(=O)c1ccc([N+](=O)[O-])cc1Cl. The second-order valence-corrected chi connectivity index (χ2v) is 6.13. The summed E-state index contributed by atoms with van der Waals surface area (Å²) in [5.41, 5.74) is 0.973. The molecule has 0 unspecified atom stereocenters. The number of ether oxygens (including phenoxy) is 2. The van der Waals surface area contributed by atoms with Crippen LogP contribution in [0.2, 0.25) is 5.02 Å². The first-order chi connectivity index (χ1) is 12.5. The van der Waals surface area contributed by atoms with Crippen LogP contribution >= 0.6 is 11.6 Å². The number of benzene rings is 2. The Balaban J connectivity index is 1.80. The van der Waals surface area contributed by atoms with Crippen molar-refractivity contribution in [1.82, 2.24) is 4.90 Å². The molecule has 0 atom stereocenters.